The first-order valence-corrected chi connectivity index (χ1v) is 12.8. The van der Waals surface area contributed by atoms with E-state index in [0.29, 0.717) is 0 Å². The lowest BCUT2D eigenvalue weighted by atomic mass is 10.0. The molecule has 0 atom stereocenters. The number of H-pyrrole nitrogens is 1. The summed E-state index contributed by atoms with van der Waals surface area (Å²) >= 11 is 0. The first-order valence-electron chi connectivity index (χ1n) is 11.1. The number of carbonyl (C=O) groups excluding carboxylic acids is 1. The Bertz CT molecular complexity index is 1680. The highest BCUT2D eigenvalue weighted by atomic mass is 32.2. The van der Waals surface area contributed by atoms with Gasteiger partial charge in [-0.3, -0.25) is 9.59 Å². The average Bonchev–Trinajstić information content (AvgIpc) is 3.17. The molecule has 200 valence electrons. The zero-order valence-corrected chi connectivity index (χ0v) is 20.6. The molecule has 0 aliphatic carbocycles. The third kappa shape index (κ3) is 5.48. The zero-order valence-electron chi connectivity index (χ0n) is 19.8. The highest BCUT2D eigenvalue weighted by molar-refractivity contribution is 7.90. The summed E-state index contributed by atoms with van der Waals surface area (Å²) in [5.74, 6) is -2.44. The molecule has 38 heavy (non-hydrogen) atoms. The second-order valence-corrected chi connectivity index (χ2v) is 10.1. The van der Waals surface area contributed by atoms with E-state index in [1.54, 1.807) is 0 Å². The molecule has 13 heteroatoms. The van der Waals surface area contributed by atoms with Gasteiger partial charge in [0.2, 0.25) is 10.0 Å². The Labute approximate surface area is 213 Å². The van der Waals surface area contributed by atoms with E-state index in [9.17, 15) is 35.6 Å². The molecule has 2 aromatic carbocycles. The number of aromatic amines is 1. The van der Waals surface area contributed by atoms with Crippen molar-refractivity contribution in [2.75, 3.05) is 19.5 Å². The summed E-state index contributed by atoms with van der Waals surface area (Å²) in [7, 11) is -2.98. The molecule has 2 N–H and O–H groups in total. The predicted molar refractivity (Wildman–Crippen MR) is 132 cm³/mol. The van der Waals surface area contributed by atoms with Crippen molar-refractivity contribution >= 4 is 26.8 Å². The molecule has 0 radical (unpaired) electrons. The van der Waals surface area contributed by atoms with Gasteiger partial charge in [-0.25, -0.2) is 17.5 Å². The highest BCUT2D eigenvalue weighted by Gasteiger charge is 2.33. The third-order valence-electron chi connectivity index (χ3n) is 5.78. The van der Waals surface area contributed by atoms with Gasteiger partial charge in [0.05, 0.1) is 24.5 Å². The lowest BCUT2D eigenvalue weighted by molar-refractivity contribution is -0.137. The lowest BCUT2D eigenvalue weighted by Gasteiger charge is -2.14. The van der Waals surface area contributed by atoms with Crippen molar-refractivity contribution in [1.29, 1.82) is 0 Å². The van der Waals surface area contributed by atoms with Gasteiger partial charge in [0.1, 0.15) is 11.5 Å². The number of hydrogen-bond donors (Lipinski definition) is 2. The summed E-state index contributed by atoms with van der Waals surface area (Å²) in [5, 5.41) is -0.146. The van der Waals surface area contributed by atoms with Gasteiger partial charge in [0.15, 0.2) is 0 Å². The SMILES string of the molecule is COCCS(=O)(=O)NC(=O)c1c(-c2ccc[nH]c2=O)c2cc(C(F)(F)F)ccc2n1Cc1ccccc1F. The number of aromatic nitrogens is 2. The fourth-order valence-electron chi connectivity index (χ4n) is 4.05. The first-order chi connectivity index (χ1) is 17.9. The Morgan fingerprint density at radius 1 is 1.11 bits per heavy atom. The Balaban J connectivity index is 2.07. The number of nitrogens with zero attached hydrogens (tertiary/aromatic N) is 1. The fourth-order valence-corrected chi connectivity index (χ4v) is 4.92. The second-order valence-electron chi connectivity index (χ2n) is 8.29. The number of alkyl halides is 3. The number of methoxy groups -OCH3 is 1. The Kier molecular flexibility index (Phi) is 7.42. The molecule has 8 nitrogen and oxygen atoms in total. The lowest BCUT2D eigenvalue weighted by Crippen LogP contribution is -2.35. The molecular weight excluding hydrogens is 530 g/mol. The number of ether oxygens (including phenoxy) is 1. The van der Waals surface area contributed by atoms with E-state index >= 15 is 0 Å². The number of amides is 1. The summed E-state index contributed by atoms with van der Waals surface area (Å²) in [6, 6.07) is 10.9. The van der Waals surface area contributed by atoms with Crippen LogP contribution in [0, 0.1) is 5.82 Å². The minimum Gasteiger partial charge on any atom is -0.384 e. The van der Waals surface area contributed by atoms with Crippen LogP contribution in [0.15, 0.2) is 65.6 Å². The quantitative estimate of drug-likeness (QED) is 0.323. The Morgan fingerprint density at radius 2 is 1.84 bits per heavy atom. The summed E-state index contributed by atoms with van der Waals surface area (Å²) in [6.45, 7) is -0.582. The molecule has 0 unspecified atom stereocenters. The molecule has 0 aliphatic heterocycles. The summed E-state index contributed by atoms with van der Waals surface area (Å²) < 4.78 is 88.4. The molecule has 0 spiro atoms. The largest absolute Gasteiger partial charge is 0.416 e. The average molecular weight is 552 g/mol. The van der Waals surface area contributed by atoms with Crippen molar-refractivity contribution in [3.05, 3.63) is 93.8 Å². The zero-order chi connectivity index (χ0) is 27.7. The van der Waals surface area contributed by atoms with Crippen LogP contribution in [-0.2, 0) is 27.5 Å². The molecule has 2 heterocycles. The molecule has 1 amide bonds. The smallest absolute Gasteiger partial charge is 0.384 e. The molecule has 4 aromatic rings. The molecule has 0 aliphatic rings. The number of hydrogen-bond acceptors (Lipinski definition) is 5. The van der Waals surface area contributed by atoms with Gasteiger partial charge in [-0.2, -0.15) is 13.2 Å². The van der Waals surface area contributed by atoms with Crippen LogP contribution in [0.5, 0.6) is 0 Å². The molecule has 4 rings (SSSR count). The van der Waals surface area contributed by atoms with E-state index in [2.05, 4.69) is 4.98 Å². The van der Waals surface area contributed by atoms with Crippen molar-refractivity contribution in [3.8, 4) is 11.1 Å². The van der Waals surface area contributed by atoms with Crippen LogP contribution in [0.1, 0.15) is 21.6 Å². The molecular formula is C25H21F4N3O5S. The first kappa shape index (κ1) is 27.1. The van der Waals surface area contributed by atoms with Gasteiger partial charge in [-0.1, -0.05) is 18.2 Å². The van der Waals surface area contributed by atoms with Crippen LogP contribution in [-0.4, -0.2) is 43.3 Å². The normalized spacial score (nSPS) is 12.1. The third-order valence-corrected chi connectivity index (χ3v) is 6.98. The molecule has 0 bridgehead atoms. The van der Waals surface area contributed by atoms with Gasteiger partial charge in [0, 0.05) is 40.9 Å². The van der Waals surface area contributed by atoms with E-state index < -0.39 is 50.5 Å². The molecule has 0 saturated carbocycles. The van der Waals surface area contributed by atoms with Crippen LogP contribution in [0.4, 0.5) is 17.6 Å². The highest BCUT2D eigenvalue weighted by Crippen LogP contribution is 2.38. The predicted octanol–water partition coefficient (Wildman–Crippen LogP) is 3.91. The Morgan fingerprint density at radius 3 is 2.50 bits per heavy atom. The number of pyridine rings is 1. The van der Waals surface area contributed by atoms with Crippen molar-refractivity contribution in [2.24, 2.45) is 0 Å². The number of benzene rings is 2. The number of halogens is 4. The molecule has 2 aromatic heterocycles. The van der Waals surface area contributed by atoms with Crippen molar-refractivity contribution in [3.63, 3.8) is 0 Å². The van der Waals surface area contributed by atoms with Crippen molar-refractivity contribution in [2.45, 2.75) is 12.7 Å². The fraction of sp³-hybridized carbons (Fsp3) is 0.200. The van der Waals surface area contributed by atoms with Crippen LogP contribution in [0.2, 0.25) is 0 Å². The second kappa shape index (κ2) is 10.4. The van der Waals surface area contributed by atoms with E-state index in [1.165, 1.54) is 54.3 Å². The van der Waals surface area contributed by atoms with Crippen LogP contribution >= 0.6 is 0 Å². The summed E-state index contributed by atoms with van der Waals surface area (Å²) in [5.41, 5.74) is -2.49. The van der Waals surface area contributed by atoms with Crippen LogP contribution < -0.4 is 10.3 Å². The summed E-state index contributed by atoms with van der Waals surface area (Å²) in [6.07, 6.45) is -3.46. The molecule has 0 fully saturated rings. The van der Waals surface area contributed by atoms with Gasteiger partial charge < -0.3 is 14.3 Å². The van der Waals surface area contributed by atoms with E-state index in [4.69, 9.17) is 4.74 Å². The van der Waals surface area contributed by atoms with Gasteiger partial charge >= 0.3 is 6.18 Å². The van der Waals surface area contributed by atoms with Crippen LogP contribution in [0.3, 0.4) is 0 Å². The van der Waals surface area contributed by atoms with Crippen molar-refractivity contribution in [1.82, 2.24) is 14.3 Å². The topological polar surface area (TPSA) is 110 Å². The number of nitrogens with one attached hydrogen (secondary N) is 2. The number of carbonyl (C=O) groups is 1. The number of sulfonamides is 1. The standard InChI is InChI=1S/C25H21F4N3O5S/c1-37-11-12-38(35,36)31-24(34)22-21(17-6-4-10-30-23(17)33)18-13-16(25(27,28)29)8-9-20(18)32(22)14-15-5-2-3-7-19(15)26/h2-10,13H,11-12,14H2,1H3,(H,30,33)(H,31,34). The Hall–Kier alpha value is -3.97. The van der Waals surface area contributed by atoms with E-state index in [1.807, 2.05) is 4.72 Å². The summed E-state index contributed by atoms with van der Waals surface area (Å²) in [4.78, 5) is 28.7. The van der Waals surface area contributed by atoms with Gasteiger partial charge in [-0.05, 0) is 36.4 Å². The van der Waals surface area contributed by atoms with E-state index in [0.717, 1.165) is 18.2 Å². The van der Waals surface area contributed by atoms with Gasteiger partial charge in [-0.15, -0.1) is 0 Å². The minimum atomic E-state index is -4.76. The number of rotatable bonds is 8. The number of fused-ring (bicyclic) bond motifs is 1. The maximum Gasteiger partial charge on any atom is 0.416 e. The minimum absolute atomic E-state index is 0.0546. The van der Waals surface area contributed by atoms with Crippen LogP contribution in [0.25, 0.3) is 22.0 Å². The van der Waals surface area contributed by atoms with Crippen molar-refractivity contribution < 1.29 is 35.5 Å². The maximum absolute atomic E-state index is 14.6. The maximum atomic E-state index is 14.6. The van der Waals surface area contributed by atoms with E-state index in [-0.39, 0.29) is 40.7 Å². The molecule has 0 saturated heterocycles. The van der Waals surface area contributed by atoms with Gasteiger partial charge in [0.25, 0.3) is 11.5 Å². The monoisotopic (exact) mass is 551 g/mol.